The maximum absolute atomic E-state index is 13.9. The minimum atomic E-state index is -3.47. The van der Waals surface area contributed by atoms with Gasteiger partial charge in [-0.1, -0.05) is 0 Å². The molecule has 8 heteroatoms. The zero-order valence-electron chi connectivity index (χ0n) is 16.8. The van der Waals surface area contributed by atoms with Gasteiger partial charge in [-0.2, -0.15) is 0 Å². The van der Waals surface area contributed by atoms with E-state index in [1.54, 1.807) is 25.6 Å². The van der Waals surface area contributed by atoms with Gasteiger partial charge >= 0.3 is 7.60 Å². The molecular weight excluding hydrogens is 397 g/mol. The van der Waals surface area contributed by atoms with Crippen molar-refractivity contribution in [3.8, 4) is 11.5 Å². The lowest BCUT2D eigenvalue weighted by atomic mass is 10.1. The second-order valence-electron chi connectivity index (χ2n) is 6.45. The molecule has 1 aromatic heterocycles. The standard InChI is InChI=1S/C20H28NO5PS/c1-5-25-27(22,26-6-2)20(17-8-7-16(23-3)13-18(17)24-4)21-11-9-19-15(14-21)10-12-28-19/h7-8,10,12-13,20H,5-6,9,11,14H2,1-4H3. The number of benzene rings is 1. The zero-order valence-corrected chi connectivity index (χ0v) is 18.6. The third kappa shape index (κ3) is 4.29. The van der Waals surface area contributed by atoms with Crippen LogP contribution >= 0.6 is 18.9 Å². The Morgan fingerprint density at radius 3 is 2.54 bits per heavy atom. The Balaban J connectivity index is 2.08. The van der Waals surface area contributed by atoms with Crippen LogP contribution in [0.4, 0.5) is 0 Å². The van der Waals surface area contributed by atoms with Crippen molar-refractivity contribution in [1.82, 2.24) is 4.90 Å². The molecular formula is C20H28NO5PS. The minimum absolute atomic E-state index is 0.309. The molecule has 1 atom stereocenters. The van der Waals surface area contributed by atoms with Crippen molar-refractivity contribution in [2.75, 3.05) is 34.0 Å². The molecule has 0 spiro atoms. The highest BCUT2D eigenvalue weighted by molar-refractivity contribution is 7.54. The van der Waals surface area contributed by atoms with Gasteiger partial charge in [0.15, 0.2) is 0 Å². The third-order valence-electron chi connectivity index (χ3n) is 4.82. The fraction of sp³-hybridized carbons (Fsp3) is 0.500. The van der Waals surface area contributed by atoms with E-state index in [4.69, 9.17) is 18.5 Å². The summed E-state index contributed by atoms with van der Waals surface area (Å²) < 4.78 is 36.4. The normalized spacial score (nSPS) is 15.9. The van der Waals surface area contributed by atoms with E-state index in [2.05, 4.69) is 16.3 Å². The van der Waals surface area contributed by atoms with Gasteiger partial charge in [0, 0.05) is 29.6 Å². The molecule has 0 aliphatic carbocycles. The van der Waals surface area contributed by atoms with Crippen LogP contribution in [0.2, 0.25) is 0 Å². The summed E-state index contributed by atoms with van der Waals surface area (Å²) in [5, 5.41) is 2.11. The fourth-order valence-corrected chi connectivity index (χ4v) is 6.73. The van der Waals surface area contributed by atoms with Gasteiger partial charge in [0.1, 0.15) is 17.3 Å². The first-order valence-electron chi connectivity index (χ1n) is 9.46. The summed E-state index contributed by atoms with van der Waals surface area (Å²) in [6.45, 7) is 5.76. The highest BCUT2D eigenvalue weighted by atomic mass is 32.1. The molecule has 0 bridgehead atoms. The first-order valence-corrected chi connectivity index (χ1v) is 12.0. The van der Waals surface area contributed by atoms with Gasteiger partial charge < -0.3 is 18.5 Å². The van der Waals surface area contributed by atoms with Gasteiger partial charge in [-0.25, -0.2) is 0 Å². The Kier molecular flexibility index (Phi) is 7.18. The van der Waals surface area contributed by atoms with Crippen molar-refractivity contribution in [1.29, 1.82) is 0 Å². The Labute approximate surface area is 170 Å². The first kappa shape index (κ1) is 21.3. The summed E-state index contributed by atoms with van der Waals surface area (Å²) in [4.78, 5) is 3.57. The van der Waals surface area contributed by atoms with Gasteiger partial charge in [-0.15, -0.1) is 11.3 Å². The number of ether oxygens (including phenoxy) is 2. The largest absolute Gasteiger partial charge is 0.497 e. The molecule has 2 heterocycles. The van der Waals surface area contributed by atoms with Crippen molar-refractivity contribution in [3.05, 3.63) is 45.6 Å². The lowest BCUT2D eigenvalue weighted by molar-refractivity contribution is 0.153. The van der Waals surface area contributed by atoms with Crippen LogP contribution in [-0.2, 0) is 26.6 Å². The molecule has 2 aromatic rings. The number of nitrogens with zero attached hydrogens (tertiary/aromatic N) is 1. The van der Waals surface area contributed by atoms with E-state index in [0.29, 0.717) is 31.3 Å². The number of rotatable bonds is 9. The van der Waals surface area contributed by atoms with E-state index in [1.165, 1.54) is 10.4 Å². The summed E-state index contributed by atoms with van der Waals surface area (Å²) in [5.74, 6) is 0.738. The lowest BCUT2D eigenvalue weighted by Crippen LogP contribution is -2.34. The van der Waals surface area contributed by atoms with E-state index in [-0.39, 0.29) is 0 Å². The van der Waals surface area contributed by atoms with Gasteiger partial charge in [0.2, 0.25) is 0 Å². The molecule has 0 saturated carbocycles. The maximum atomic E-state index is 13.9. The molecule has 1 aromatic carbocycles. The third-order valence-corrected chi connectivity index (χ3v) is 8.28. The van der Waals surface area contributed by atoms with Crippen molar-refractivity contribution >= 4 is 18.9 Å². The predicted octanol–water partition coefficient (Wildman–Crippen LogP) is 5.09. The Morgan fingerprint density at radius 1 is 1.14 bits per heavy atom. The van der Waals surface area contributed by atoms with Crippen LogP contribution in [-0.4, -0.2) is 38.9 Å². The quantitative estimate of drug-likeness (QED) is 0.522. The summed E-state index contributed by atoms with van der Waals surface area (Å²) in [6, 6.07) is 7.70. The average Bonchev–Trinajstić information content (AvgIpc) is 3.16. The van der Waals surface area contributed by atoms with Crippen LogP contribution in [0.1, 0.15) is 35.6 Å². The van der Waals surface area contributed by atoms with Crippen LogP contribution < -0.4 is 9.47 Å². The smallest absolute Gasteiger partial charge is 0.352 e. The Bertz CT molecular complexity index is 830. The average molecular weight is 425 g/mol. The summed E-state index contributed by atoms with van der Waals surface area (Å²) in [7, 11) is -0.251. The minimum Gasteiger partial charge on any atom is -0.497 e. The molecule has 1 aliphatic heterocycles. The second-order valence-corrected chi connectivity index (χ2v) is 9.53. The first-order chi connectivity index (χ1) is 13.6. The number of hydrogen-bond acceptors (Lipinski definition) is 7. The molecule has 0 saturated heterocycles. The topological polar surface area (TPSA) is 57.2 Å². The van der Waals surface area contributed by atoms with Gasteiger partial charge in [0.25, 0.3) is 0 Å². The number of hydrogen-bond donors (Lipinski definition) is 0. The van der Waals surface area contributed by atoms with Crippen LogP contribution in [0.15, 0.2) is 29.6 Å². The van der Waals surface area contributed by atoms with E-state index >= 15 is 0 Å². The van der Waals surface area contributed by atoms with Crippen molar-refractivity contribution < 1.29 is 23.1 Å². The van der Waals surface area contributed by atoms with Crippen molar-refractivity contribution in [3.63, 3.8) is 0 Å². The molecule has 0 amide bonds. The van der Waals surface area contributed by atoms with Crippen LogP contribution in [0.5, 0.6) is 11.5 Å². The van der Waals surface area contributed by atoms with Gasteiger partial charge in [-0.05, 0) is 49.4 Å². The van der Waals surface area contributed by atoms with E-state index in [1.807, 2.05) is 32.0 Å². The van der Waals surface area contributed by atoms with E-state index < -0.39 is 13.4 Å². The molecule has 154 valence electrons. The molecule has 1 aliphatic rings. The molecule has 0 fully saturated rings. The highest BCUT2D eigenvalue weighted by Crippen LogP contribution is 2.64. The van der Waals surface area contributed by atoms with Crippen LogP contribution in [0.3, 0.4) is 0 Å². The van der Waals surface area contributed by atoms with E-state index in [0.717, 1.165) is 18.5 Å². The molecule has 1 unspecified atom stereocenters. The van der Waals surface area contributed by atoms with Crippen LogP contribution in [0, 0.1) is 0 Å². The molecule has 28 heavy (non-hydrogen) atoms. The van der Waals surface area contributed by atoms with Crippen molar-refractivity contribution in [2.24, 2.45) is 0 Å². The van der Waals surface area contributed by atoms with Crippen LogP contribution in [0.25, 0.3) is 0 Å². The molecule has 0 radical (unpaired) electrons. The fourth-order valence-electron chi connectivity index (χ4n) is 3.62. The Hall–Kier alpha value is -1.37. The van der Waals surface area contributed by atoms with Gasteiger partial charge in [0.05, 0.1) is 27.4 Å². The number of methoxy groups -OCH3 is 2. The van der Waals surface area contributed by atoms with Gasteiger partial charge in [-0.3, -0.25) is 9.46 Å². The summed E-state index contributed by atoms with van der Waals surface area (Å²) >= 11 is 1.78. The second kappa shape index (κ2) is 9.42. The highest BCUT2D eigenvalue weighted by Gasteiger charge is 2.43. The summed E-state index contributed by atoms with van der Waals surface area (Å²) in [6.07, 6.45) is 0.917. The summed E-state index contributed by atoms with van der Waals surface area (Å²) in [5.41, 5.74) is 2.06. The SMILES string of the molecule is CCOP(=O)(OCC)C(c1ccc(OC)cc1OC)N1CCc2sccc2C1. The van der Waals surface area contributed by atoms with E-state index in [9.17, 15) is 4.57 Å². The zero-order chi connectivity index (χ0) is 20.1. The predicted molar refractivity (Wildman–Crippen MR) is 112 cm³/mol. The molecule has 6 nitrogen and oxygen atoms in total. The number of fused-ring (bicyclic) bond motifs is 1. The molecule has 3 rings (SSSR count). The van der Waals surface area contributed by atoms with Crippen molar-refractivity contribution in [2.45, 2.75) is 32.6 Å². The maximum Gasteiger partial charge on any atom is 0.352 e. The number of thiophene rings is 1. The molecule has 0 N–H and O–H groups in total. The Morgan fingerprint density at radius 2 is 1.89 bits per heavy atom. The monoisotopic (exact) mass is 425 g/mol. The lowest BCUT2D eigenvalue weighted by Gasteiger charge is -2.38.